The Balaban J connectivity index is 2.04. The molecule has 21 heavy (non-hydrogen) atoms. The molecule has 3 N–H and O–H groups in total. The summed E-state index contributed by atoms with van der Waals surface area (Å²) in [6, 6.07) is 5.77. The molecule has 0 amide bonds. The van der Waals surface area contributed by atoms with Crippen LogP contribution in [-0.2, 0) is 0 Å². The summed E-state index contributed by atoms with van der Waals surface area (Å²) in [6.07, 6.45) is 2.50. The Labute approximate surface area is 134 Å². The number of oxime groups is 1. The minimum atomic E-state index is 0.125. The predicted molar refractivity (Wildman–Crippen MR) is 90.1 cm³/mol. The first-order valence-corrected chi connectivity index (χ1v) is 7.97. The lowest BCUT2D eigenvalue weighted by Crippen LogP contribution is -2.35. The molecule has 0 unspecified atom stereocenters. The number of anilines is 1. The van der Waals surface area contributed by atoms with E-state index in [1.165, 1.54) is 25.9 Å². The van der Waals surface area contributed by atoms with Crippen molar-refractivity contribution < 1.29 is 5.21 Å². The van der Waals surface area contributed by atoms with Crippen LogP contribution in [0.4, 0.5) is 5.69 Å². The second-order valence-corrected chi connectivity index (χ2v) is 6.63. The fourth-order valence-electron chi connectivity index (χ4n) is 2.76. The van der Waals surface area contributed by atoms with Crippen LogP contribution in [0.15, 0.2) is 27.8 Å². The molecule has 0 atom stereocenters. The lowest BCUT2D eigenvalue weighted by Gasteiger charge is -2.32. The van der Waals surface area contributed by atoms with Crippen molar-refractivity contribution in [1.29, 1.82) is 0 Å². The highest BCUT2D eigenvalue weighted by Gasteiger charge is 2.19. The zero-order valence-electron chi connectivity index (χ0n) is 12.6. The van der Waals surface area contributed by atoms with Crippen LogP contribution in [0.2, 0.25) is 0 Å². The molecule has 1 fully saturated rings. The first kappa shape index (κ1) is 16.1. The molecule has 116 valence electrons. The van der Waals surface area contributed by atoms with Crippen LogP contribution in [0, 0.1) is 5.92 Å². The van der Waals surface area contributed by atoms with E-state index in [1.54, 1.807) is 0 Å². The van der Waals surface area contributed by atoms with Crippen LogP contribution in [-0.4, -0.2) is 49.7 Å². The van der Waals surface area contributed by atoms with Crippen molar-refractivity contribution in [3.05, 3.63) is 28.2 Å². The fourth-order valence-corrected chi connectivity index (χ4v) is 3.45. The first-order chi connectivity index (χ1) is 10.0. The van der Waals surface area contributed by atoms with Crippen molar-refractivity contribution in [2.45, 2.75) is 12.8 Å². The molecule has 0 radical (unpaired) electrons. The van der Waals surface area contributed by atoms with Crippen molar-refractivity contribution in [1.82, 2.24) is 4.90 Å². The standard InChI is InChI=1S/C15H23BrN4O/c1-19-7-5-11(6-8-19)10-20(2)14-4-3-12(9-13(14)16)15(17)18-21/h3-4,9,11,21H,5-8,10H2,1-2H3,(H2,17,18). The van der Waals surface area contributed by atoms with Gasteiger partial charge in [0.15, 0.2) is 5.84 Å². The second kappa shape index (κ2) is 7.13. The number of hydrogen-bond acceptors (Lipinski definition) is 4. The summed E-state index contributed by atoms with van der Waals surface area (Å²) in [7, 11) is 4.30. The summed E-state index contributed by atoms with van der Waals surface area (Å²) < 4.78 is 0.960. The van der Waals surface area contributed by atoms with E-state index in [0.29, 0.717) is 5.56 Å². The summed E-state index contributed by atoms with van der Waals surface area (Å²) in [5.41, 5.74) is 7.45. The van der Waals surface area contributed by atoms with Gasteiger partial charge in [-0.2, -0.15) is 0 Å². The number of benzene rings is 1. The Morgan fingerprint density at radius 1 is 1.48 bits per heavy atom. The van der Waals surface area contributed by atoms with Gasteiger partial charge in [-0.25, -0.2) is 0 Å². The largest absolute Gasteiger partial charge is 0.409 e. The molecule has 6 heteroatoms. The van der Waals surface area contributed by atoms with E-state index in [-0.39, 0.29) is 5.84 Å². The molecule has 0 aliphatic carbocycles. The summed E-state index contributed by atoms with van der Waals surface area (Å²) >= 11 is 3.58. The van der Waals surface area contributed by atoms with Crippen molar-refractivity contribution in [3.63, 3.8) is 0 Å². The average Bonchev–Trinajstić information content (AvgIpc) is 2.48. The van der Waals surface area contributed by atoms with Crippen LogP contribution in [0.3, 0.4) is 0 Å². The number of nitrogens with two attached hydrogens (primary N) is 1. The Hall–Kier alpha value is -1.27. The molecule has 2 rings (SSSR count). The molecule has 5 nitrogen and oxygen atoms in total. The number of piperidine rings is 1. The number of likely N-dealkylation sites (tertiary alicyclic amines) is 1. The number of rotatable bonds is 4. The smallest absolute Gasteiger partial charge is 0.170 e. The van der Waals surface area contributed by atoms with Crippen LogP contribution in [0.5, 0.6) is 0 Å². The summed E-state index contributed by atoms with van der Waals surface area (Å²) in [4.78, 5) is 4.66. The molecule has 1 aliphatic rings. The van der Waals surface area contributed by atoms with Crippen LogP contribution in [0.25, 0.3) is 0 Å². The van der Waals surface area contributed by atoms with Gasteiger partial charge in [-0.1, -0.05) is 5.16 Å². The topological polar surface area (TPSA) is 65.1 Å². The van der Waals surface area contributed by atoms with E-state index in [9.17, 15) is 0 Å². The Bertz CT molecular complexity index is 512. The lowest BCUT2D eigenvalue weighted by molar-refractivity contribution is 0.222. The third-order valence-corrected chi connectivity index (χ3v) is 4.77. The minimum absolute atomic E-state index is 0.125. The molecular weight excluding hydrogens is 332 g/mol. The van der Waals surface area contributed by atoms with Gasteiger partial charge in [0.1, 0.15) is 0 Å². The zero-order valence-corrected chi connectivity index (χ0v) is 14.2. The summed E-state index contributed by atoms with van der Waals surface area (Å²) in [6.45, 7) is 3.42. The molecule has 1 aromatic rings. The normalized spacial score (nSPS) is 18.0. The fraction of sp³-hybridized carbons (Fsp3) is 0.533. The monoisotopic (exact) mass is 354 g/mol. The highest BCUT2D eigenvalue weighted by molar-refractivity contribution is 9.10. The van der Waals surface area contributed by atoms with Crippen molar-refractivity contribution in [2.75, 3.05) is 38.6 Å². The predicted octanol–water partition coefficient (Wildman–Crippen LogP) is 2.32. The molecule has 0 saturated carbocycles. The first-order valence-electron chi connectivity index (χ1n) is 7.18. The Morgan fingerprint density at radius 3 is 2.71 bits per heavy atom. The van der Waals surface area contributed by atoms with E-state index in [0.717, 1.165) is 22.6 Å². The highest BCUT2D eigenvalue weighted by atomic mass is 79.9. The van der Waals surface area contributed by atoms with Crippen molar-refractivity contribution >= 4 is 27.5 Å². The zero-order chi connectivity index (χ0) is 15.4. The maximum Gasteiger partial charge on any atom is 0.170 e. The third kappa shape index (κ3) is 4.11. The molecule has 0 bridgehead atoms. The van der Waals surface area contributed by atoms with E-state index in [2.05, 4.69) is 45.0 Å². The maximum absolute atomic E-state index is 8.73. The van der Waals surface area contributed by atoms with Crippen molar-refractivity contribution in [2.24, 2.45) is 16.8 Å². The molecular formula is C15H23BrN4O. The average molecular weight is 355 g/mol. The number of halogens is 1. The minimum Gasteiger partial charge on any atom is -0.409 e. The van der Waals surface area contributed by atoms with Gasteiger partial charge in [0.2, 0.25) is 0 Å². The molecule has 0 spiro atoms. The summed E-state index contributed by atoms with van der Waals surface area (Å²) in [5, 5.41) is 11.8. The highest BCUT2D eigenvalue weighted by Crippen LogP contribution is 2.28. The maximum atomic E-state index is 8.73. The van der Waals surface area contributed by atoms with Gasteiger partial charge in [0.05, 0.1) is 5.69 Å². The van der Waals surface area contributed by atoms with Crippen molar-refractivity contribution in [3.8, 4) is 0 Å². The van der Waals surface area contributed by atoms with E-state index in [4.69, 9.17) is 10.9 Å². The number of nitrogens with zero attached hydrogens (tertiary/aromatic N) is 3. The van der Waals surface area contributed by atoms with Crippen LogP contribution < -0.4 is 10.6 Å². The van der Waals surface area contributed by atoms with Gasteiger partial charge in [0, 0.05) is 23.6 Å². The van der Waals surface area contributed by atoms with E-state index < -0.39 is 0 Å². The van der Waals surface area contributed by atoms with Gasteiger partial charge in [-0.15, -0.1) is 0 Å². The van der Waals surface area contributed by atoms with Crippen LogP contribution in [0.1, 0.15) is 18.4 Å². The molecule has 1 aliphatic heterocycles. The molecule has 1 saturated heterocycles. The van der Waals surface area contributed by atoms with Gasteiger partial charge >= 0.3 is 0 Å². The van der Waals surface area contributed by atoms with E-state index >= 15 is 0 Å². The second-order valence-electron chi connectivity index (χ2n) is 5.78. The van der Waals surface area contributed by atoms with Gasteiger partial charge in [0.25, 0.3) is 0 Å². The Kier molecular flexibility index (Phi) is 5.47. The van der Waals surface area contributed by atoms with Gasteiger partial charge in [-0.05, 0) is 73.0 Å². The van der Waals surface area contributed by atoms with E-state index in [1.807, 2.05) is 18.2 Å². The number of hydrogen-bond donors (Lipinski definition) is 2. The molecule has 0 aromatic heterocycles. The van der Waals surface area contributed by atoms with Gasteiger partial charge in [-0.3, -0.25) is 0 Å². The number of amidine groups is 1. The third-order valence-electron chi connectivity index (χ3n) is 4.13. The SMILES string of the molecule is CN1CCC(CN(C)c2ccc(/C(N)=N/O)cc2Br)CC1. The molecule has 1 heterocycles. The quantitative estimate of drug-likeness (QED) is 0.377. The Morgan fingerprint density at radius 2 is 2.14 bits per heavy atom. The lowest BCUT2D eigenvalue weighted by atomic mass is 9.96. The van der Waals surface area contributed by atoms with Gasteiger partial charge < -0.3 is 20.7 Å². The summed E-state index contributed by atoms with van der Waals surface area (Å²) in [5.74, 6) is 0.863. The van der Waals surface area contributed by atoms with Crippen LogP contribution >= 0.6 is 15.9 Å². The molecule has 1 aromatic carbocycles.